The third-order valence-electron chi connectivity index (χ3n) is 5.08. The van der Waals surface area contributed by atoms with Crippen LogP contribution in [0.25, 0.3) is 0 Å². The topological polar surface area (TPSA) is 40.5 Å². The number of phenols is 2. The lowest BCUT2D eigenvalue weighted by Crippen LogP contribution is -2.37. The normalized spacial score (nSPS) is 18.3. The summed E-state index contributed by atoms with van der Waals surface area (Å²) in [7, 11) is 0. The van der Waals surface area contributed by atoms with E-state index >= 15 is 0 Å². The first-order chi connectivity index (χ1) is 11.4. The number of aromatic hydroxyl groups is 2. The van der Waals surface area contributed by atoms with Gasteiger partial charge < -0.3 is 10.2 Å². The molecule has 2 aromatic carbocycles. The van der Waals surface area contributed by atoms with Crippen LogP contribution in [0, 0.1) is 5.41 Å². The highest BCUT2D eigenvalue weighted by atomic mass is 16.3. The Hall–Kier alpha value is -1.96. The van der Waals surface area contributed by atoms with Crippen LogP contribution in [0.1, 0.15) is 64.5 Å². The third kappa shape index (κ3) is 3.75. The van der Waals surface area contributed by atoms with Crippen molar-refractivity contribution in [1.82, 2.24) is 0 Å². The summed E-state index contributed by atoms with van der Waals surface area (Å²) >= 11 is 0. The molecule has 0 radical (unpaired) electrons. The van der Waals surface area contributed by atoms with E-state index in [1.54, 1.807) is 24.3 Å². The van der Waals surface area contributed by atoms with E-state index in [2.05, 4.69) is 13.8 Å². The molecule has 130 valence electrons. The quantitative estimate of drug-likeness (QED) is 0.709. The van der Waals surface area contributed by atoms with Crippen LogP contribution in [0.4, 0.5) is 0 Å². The summed E-state index contributed by atoms with van der Waals surface area (Å²) in [4.78, 5) is 0. The smallest absolute Gasteiger partial charge is 0.115 e. The molecule has 2 aromatic rings. The fraction of sp³-hybridized carbons (Fsp3) is 0.455. The van der Waals surface area contributed by atoms with Crippen molar-refractivity contribution in [2.75, 3.05) is 0 Å². The Kier molecular flexibility index (Phi) is 5.58. The third-order valence-corrected chi connectivity index (χ3v) is 5.08. The van der Waals surface area contributed by atoms with Crippen molar-refractivity contribution in [2.45, 2.75) is 58.8 Å². The van der Waals surface area contributed by atoms with Gasteiger partial charge in [-0.2, -0.15) is 0 Å². The molecule has 2 nitrogen and oxygen atoms in total. The zero-order valence-electron chi connectivity index (χ0n) is 15.3. The van der Waals surface area contributed by atoms with Crippen LogP contribution in [-0.4, -0.2) is 10.2 Å². The van der Waals surface area contributed by atoms with E-state index in [-0.39, 0.29) is 10.8 Å². The predicted molar refractivity (Wildman–Crippen MR) is 101 cm³/mol. The van der Waals surface area contributed by atoms with Crippen molar-refractivity contribution in [3.05, 3.63) is 59.7 Å². The maximum atomic E-state index is 9.62. The van der Waals surface area contributed by atoms with Crippen LogP contribution in [0.2, 0.25) is 0 Å². The largest absolute Gasteiger partial charge is 0.508 e. The lowest BCUT2D eigenvalue weighted by Gasteiger charge is -2.46. The lowest BCUT2D eigenvalue weighted by molar-refractivity contribution is 0.173. The van der Waals surface area contributed by atoms with Gasteiger partial charge in [0.25, 0.3) is 0 Å². The number of phenolic OH excluding ortho intramolecular Hbond substituents is 2. The summed E-state index contributed by atoms with van der Waals surface area (Å²) in [5, 5.41) is 19.2. The van der Waals surface area contributed by atoms with Gasteiger partial charge in [0.15, 0.2) is 0 Å². The molecular weight excluding hydrogens is 296 g/mol. The molecule has 0 aromatic heterocycles. The minimum Gasteiger partial charge on any atom is -0.508 e. The van der Waals surface area contributed by atoms with Gasteiger partial charge in [-0.15, -0.1) is 0 Å². The highest BCUT2D eigenvalue weighted by molar-refractivity contribution is 5.43. The maximum absolute atomic E-state index is 9.62. The van der Waals surface area contributed by atoms with Gasteiger partial charge in [0.05, 0.1) is 0 Å². The van der Waals surface area contributed by atoms with Gasteiger partial charge >= 0.3 is 0 Å². The monoisotopic (exact) mass is 326 g/mol. The van der Waals surface area contributed by atoms with Gasteiger partial charge in [-0.05, 0) is 60.1 Å². The van der Waals surface area contributed by atoms with E-state index in [9.17, 15) is 10.2 Å². The molecule has 3 rings (SSSR count). The van der Waals surface area contributed by atoms with E-state index < -0.39 is 0 Å². The Labute approximate surface area is 146 Å². The first-order valence-electron chi connectivity index (χ1n) is 9.00. The van der Waals surface area contributed by atoms with Crippen LogP contribution < -0.4 is 0 Å². The average Bonchev–Trinajstić information content (AvgIpc) is 2.57. The molecule has 24 heavy (non-hydrogen) atoms. The molecule has 0 atom stereocenters. The first-order valence-corrected chi connectivity index (χ1v) is 9.00. The Balaban J connectivity index is 0.00000100. The molecule has 0 saturated heterocycles. The fourth-order valence-corrected chi connectivity index (χ4v) is 4.08. The highest BCUT2D eigenvalue weighted by Gasteiger charge is 2.42. The van der Waals surface area contributed by atoms with Gasteiger partial charge in [-0.1, -0.05) is 58.4 Å². The van der Waals surface area contributed by atoms with Crippen molar-refractivity contribution in [1.29, 1.82) is 0 Å². The zero-order valence-corrected chi connectivity index (χ0v) is 15.3. The minimum atomic E-state index is -0.0385. The van der Waals surface area contributed by atoms with E-state index in [1.165, 1.54) is 24.0 Å². The van der Waals surface area contributed by atoms with Crippen molar-refractivity contribution < 1.29 is 10.2 Å². The number of rotatable bonds is 2. The minimum absolute atomic E-state index is 0.0385. The summed E-state index contributed by atoms with van der Waals surface area (Å²) in [6.07, 6.45) is 4.61. The molecule has 0 heterocycles. The summed E-state index contributed by atoms with van der Waals surface area (Å²) in [6, 6.07) is 15.3. The number of benzene rings is 2. The van der Waals surface area contributed by atoms with Gasteiger partial charge in [0.2, 0.25) is 0 Å². The van der Waals surface area contributed by atoms with Crippen molar-refractivity contribution >= 4 is 0 Å². The van der Waals surface area contributed by atoms with E-state index in [1.807, 2.05) is 38.1 Å². The molecule has 0 unspecified atom stereocenters. The van der Waals surface area contributed by atoms with Gasteiger partial charge in [-0.25, -0.2) is 0 Å². The van der Waals surface area contributed by atoms with Gasteiger partial charge in [-0.3, -0.25) is 0 Å². The zero-order chi connectivity index (χ0) is 17.8. The SMILES string of the molecule is CC.CC1(C)CCCC(c2ccc(O)cc2)(c2ccc(O)cc2)C1. The standard InChI is InChI=1S/C20H24O2.C2H6/c1-19(2)12-3-13-20(14-19,15-4-8-17(21)9-5-15)16-6-10-18(22)11-7-16;1-2/h4-11,21-22H,3,12-14H2,1-2H3;1-2H3. The molecule has 0 spiro atoms. The second-order valence-corrected chi connectivity index (χ2v) is 7.37. The fourth-order valence-electron chi connectivity index (χ4n) is 4.08. The van der Waals surface area contributed by atoms with Gasteiger partial charge in [0.1, 0.15) is 11.5 Å². The Morgan fingerprint density at radius 3 is 1.50 bits per heavy atom. The summed E-state index contributed by atoms with van der Waals surface area (Å²) < 4.78 is 0. The second-order valence-electron chi connectivity index (χ2n) is 7.37. The lowest BCUT2D eigenvalue weighted by atomic mass is 9.58. The molecule has 2 N–H and O–H groups in total. The Bertz CT molecular complexity index is 593. The van der Waals surface area contributed by atoms with E-state index in [0.29, 0.717) is 11.5 Å². The predicted octanol–water partition coefficient (Wildman–Crippen LogP) is 6.01. The van der Waals surface area contributed by atoms with Crippen molar-refractivity contribution in [3.63, 3.8) is 0 Å². The highest BCUT2D eigenvalue weighted by Crippen LogP contribution is 2.51. The average molecular weight is 326 g/mol. The summed E-state index contributed by atoms with van der Waals surface area (Å²) in [5.74, 6) is 0.611. The van der Waals surface area contributed by atoms with Crippen LogP contribution >= 0.6 is 0 Å². The molecule has 1 saturated carbocycles. The molecule has 2 heteroatoms. The van der Waals surface area contributed by atoms with E-state index in [4.69, 9.17) is 0 Å². The van der Waals surface area contributed by atoms with Crippen LogP contribution in [0.5, 0.6) is 11.5 Å². The molecule has 0 amide bonds. The molecule has 0 aliphatic heterocycles. The number of hydrogen-bond donors (Lipinski definition) is 2. The molecule has 1 fully saturated rings. The van der Waals surface area contributed by atoms with Crippen molar-refractivity contribution in [2.24, 2.45) is 5.41 Å². The Morgan fingerprint density at radius 1 is 0.708 bits per heavy atom. The second kappa shape index (κ2) is 7.29. The molecule has 1 aliphatic carbocycles. The van der Waals surface area contributed by atoms with Crippen molar-refractivity contribution in [3.8, 4) is 11.5 Å². The van der Waals surface area contributed by atoms with Crippen LogP contribution in [0.3, 0.4) is 0 Å². The Morgan fingerprint density at radius 2 is 1.12 bits per heavy atom. The van der Waals surface area contributed by atoms with E-state index in [0.717, 1.165) is 12.8 Å². The van der Waals surface area contributed by atoms with Crippen LogP contribution in [0.15, 0.2) is 48.5 Å². The molecule has 1 aliphatic rings. The van der Waals surface area contributed by atoms with Crippen LogP contribution in [-0.2, 0) is 5.41 Å². The molecular formula is C22H30O2. The number of hydrogen-bond acceptors (Lipinski definition) is 2. The molecule has 0 bridgehead atoms. The first kappa shape index (κ1) is 18.4. The maximum Gasteiger partial charge on any atom is 0.115 e. The van der Waals surface area contributed by atoms with Gasteiger partial charge in [0, 0.05) is 5.41 Å². The summed E-state index contributed by atoms with van der Waals surface area (Å²) in [5.41, 5.74) is 2.75. The summed E-state index contributed by atoms with van der Waals surface area (Å²) in [6.45, 7) is 8.67.